The maximum atomic E-state index is 11.1. The van der Waals surface area contributed by atoms with Gasteiger partial charge in [-0.25, -0.2) is 14.8 Å². The molecule has 0 saturated carbocycles. The first-order chi connectivity index (χ1) is 13.5. The number of rotatable bonds is 6. The second-order valence-electron chi connectivity index (χ2n) is 8.55. The van der Waals surface area contributed by atoms with Gasteiger partial charge in [0.1, 0.15) is 30.4 Å². The summed E-state index contributed by atoms with van der Waals surface area (Å²) in [6, 6.07) is 0. The molecule has 0 spiro atoms. The van der Waals surface area contributed by atoms with Crippen LogP contribution in [0.15, 0.2) is 6.33 Å². The molecular weight excluding hydrogens is 418 g/mol. The molecule has 0 radical (unpaired) electrons. The largest absolute Gasteiger partial charge is 0.408 e. The zero-order valence-corrected chi connectivity index (χ0v) is 19.2. The predicted molar refractivity (Wildman–Crippen MR) is 110 cm³/mol. The van der Waals surface area contributed by atoms with Crippen LogP contribution in [0.4, 0.5) is 5.82 Å². The molecule has 29 heavy (non-hydrogen) atoms. The fraction of sp³-hybridized carbons (Fsp3) is 0.706. The maximum Gasteiger partial charge on any atom is 0.226 e. The highest BCUT2D eigenvalue weighted by molar-refractivity contribution is 6.74. The fourth-order valence-electron chi connectivity index (χ4n) is 2.98. The number of aliphatic hydroxyl groups is 1. The molecule has 1 fully saturated rings. The van der Waals surface area contributed by atoms with Crippen molar-refractivity contribution in [2.75, 3.05) is 19.5 Å². The Morgan fingerprint density at radius 1 is 1.34 bits per heavy atom. The van der Waals surface area contributed by atoms with E-state index < -0.39 is 32.9 Å². The van der Waals surface area contributed by atoms with E-state index in [-0.39, 0.29) is 22.7 Å². The van der Waals surface area contributed by atoms with Crippen LogP contribution in [0.1, 0.15) is 27.0 Å². The van der Waals surface area contributed by atoms with Gasteiger partial charge in [-0.05, 0) is 29.7 Å². The average Bonchev–Trinajstić information content (AvgIpc) is 3.14. The summed E-state index contributed by atoms with van der Waals surface area (Å²) >= 11 is 5.96. The maximum absolute atomic E-state index is 11.1. The number of nitrogens with zero attached hydrogens (tertiary/aromatic N) is 4. The summed E-state index contributed by atoms with van der Waals surface area (Å²) in [6.45, 7) is 10.7. The Kier molecular flexibility index (Phi) is 6.21. The van der Waals surface area contributed by atoms with Crippen LogP contribution in [0.5, 0.6) is 0 Å². The van der Waals surface area contributed by atoms with Gasteiger partial charge in [-0.15, -0.1) is 0 Å². The van der Waals surface area contributed by atoms with Crippen molar-refractivity contribution in [1.82, 2.24) is 19.5 Å². The van der Waals surface area contributed by atoms with Crippen LogP contribution >= 0.6 is 11.6 Å². The topological polar surface area (TPSA) is 127 Å². The number of ether oxygens (including phenoxy) is 1. The molecule has 1 aliphatic heterocycles. The van der Waals surface area contributed by atoms with Crippen molar-refractivity contribution in [1.29, 1.82) is 0 Å². The summed E-state index contributed by atoms with van der Waals surface area (Å²) < 4.78 is 14.2. The standard InChI is InChI=1S/C17H28ClN5O5Si/c1-17(2,3)29(5,6)28-12-9(7-26-25-4)27-15(11(12)24)23-8-20-10-13(19)21-16(18)22-14(10)23/h8-9,11-12,15,24H,7H2,1-6H3,(H2,19,21,22)/t9-,11-,12?,15-/m1/s1. The zero-order valence-electron chi connectivity index (χ0n) is 17.4. The van der Waals surface area contributed by atoms with Gasteiger partial charge in [0.2, 0.25) is 5.28 Å². The van der Waals surface area contributed by atoms with E-state index in [2.05, 4.69) is 48.8 Å². The Bertz CT molecular complexity index is 874. The van der Waals surface area contributed by atoms with E-state index in [4.69, 9.17) is 36.3 Å². The summed E-state index contributed by atoms with van der Waals surface area (Å²) in [6.07, 6.45) is -1.50. The van der Waals surface area contributed by atoms with Crippen molar-refractivity contribution in [3.63, 3.8) is 0 Å². The lowest BCUT2D eigenvalue weighted by Crippen LogP contribution is -2.49. The van der Waals surface area contributed by atoms with Crippen molar-refractivity contribution >= 4 is 36.9 Å². The van der Waals surface area contributed by atoms with Crippen molar-refractivity contribution in [2.45, 2.75) is 63.4 Å². The van der Waals surface area contributed by atoms with Gasteiger partial charge >= 0.3 is 0 Å². The normalized spacial score (nSPS) is 25.8. The first-order valence-corrected chi connectivity index (χ1v) is 12.6. The SMILES string of the molecule is COOC[C@H]1O[C@@H](n2cnc3c(N)nc(Cl)nc32)[C@H](O)C1O[Si](C)(C)C(C)(C)C. The lowest BCUT2D eigenvalue weighted by Gasteiger charge is -2.39. The number of fused-ring (bicyclic) bond motifs is 1. The van der Waals surface area contributed by atoms with Gasteiger partial charge in [0.25, 0.3) is 0 Å². The molecule has 10 nitrogen and oxygen atoms in total. The summed E-state index contributed by atoms with van der Waals surface area (Å²) in [5.74, 6) is 0.152. The minimum absolute atomic E-state index is 0.0161. The Morgan fingerprint density at radius 2 is 2.03 bits per heavy atom. The zero-order chi connectivity index (χ0) is 21.6. The summed E-state index contributed by atoms with van der Waals surface area (Å²) in [5, 5.41) is 11.1. The molecule has 3 heterocycles. The van der Waals surface area contributed by atoms with Crippen LogP contribution < -0.4 is 5.73 Å². The molecule has 3 N–H and O–H groups in total. The number of nitrogen functional groups attached to an aromatic ring is 1. The predicted octanol–water partition coefficient (Wildman–Crippen LogP) is 2.29. The first-order valence-electron chi connectivity index (χ1n) is 9.29. The van der Waals surface area contributed by atoms with E-state index in [1.165, 1.54) is 13.4 Å². The monoisotopic (exact) mass is 445 g/mol. The van der Waals surface area contributed by atoms with E-state index >= 15 is 0 Å². The van der Waals surface area contributed by atoms with Crippen molar-refractivity contribution < 1.29 is 24.0 Å². The quantitative estimate of drug-likeness (QED) is 0.298. The van der Waals surface area contributed by atoms with Gasteiger partial charge in [0.05, 0.1) is 13.4 Å². The summed E-state index contributed by atoms with van der Waals surface area (Å²) in [5.41, 5.74) is 6.63. The van der Waals surface area contributed by atoms with E-state index in [0.717, 1.165) is 0 Å². The van der Waals surface area contributed by atoms with Crippen LogP contribution in [0, 0.1) is 0 Å². The van der Waals surface area contributed by atoms with Crippen LogP contribution in [0.25, 0.3) is 11.2 Å². The Morgan fingerprint density at radius 3 is 2.66 bits per heavy atom. The minimum Gasteiger partial charge on any atom is -0.408 e. The lowest BCUT2D eigenvalue weighted by atomic mass is 10.1. The van der Waals surface area contributed by atoms with Gasteiger partial charge in [0, 0.05) is 0 Å². The summed E-state index contributed by atoms with van der Waals surface area (Å²) in [7, 11) is -0.792. The first kappa shape index (κ1) is 22.3. The number of halogens is 1. The highest BCUT2D eigenvalue weighted by atomic mass is 35.5. The molecular formula is C17H28ClN5O5Si. The average molecular weight is 446 g/mol. The van der Waals surface area contributed by atoms with Gasteiger partial charge in [-0.2, -0.15) is 9.97 Å². The van der Waals surface area contributed by atoms with Gasteiger partial charge in [-0.3, -0.25) is 4.57 Å². The molecule has 2 aromatic rings. The molecule has 0 aromatic carbocycles. The number of hydrogen-bond acceptors (Lipinski definition) is 9. The van der Waals surface area contributed by atoms with Crippen LogP contribution in [0.3, 0.4) is 0 Å². The molecule has 1 aliphatic rings. The smallest absolute Gasteiger partial charge is 0.226 e. The Hall–Kier alpha value is -1.34. The minimum atomic E-state index is -2.21. The van der Waals surface area contributed by atoms with E-state index in [9.17, 15) is 5.11 Å². The molecule has 0 bridgehead atoms. The van der Waals surface area contributed by atoms with Crippen LogP contribution in [-0.2, 0) is 18.9 Å². The number of imidazole rings is 1. The third kappa shape index (κ3) is 4.26. The number of aromatic nitrogens is 4. The van der Waals surface area contributed by atoms with E-state index in [1.807, 2.05) is 0 Å². The van der Waals surface area contributed by atoms with Crippen molar-refractivity contribution in [2.24, 2.45) is 0 Å². The third-order valence-electron chi connectivity index (χ3n) is 5.59. The van der Waals surface area contributed by atoms with Gasteiger partial charge < -0.3 is 20.0 Å². The van der Waals surface area contributed by atoms with E-state index in [1.54, 1.807) is 4.57 Å². The molecule has 1 unspecified atom stereocenters. The molecule has 0 amide bonds. The number of hydrogen-bond donors (Lipinski definition) is 2. The Labute approximate surface area is 175 Å². The summed E-state index contributed by atoms with van der Waals surface area (Å²) in [4.78, 5) is 22.2. The van der Waals surface area contributed by atoms with Gasteiger partial charge in [0.15, 0.2) is 26.0 Å². The number of aliphatic hydroxyl groups excluding tert-OH is 1. The highest BCUT2D eigenvalue weighted by Crippen LogP contribution is 2.41. The molecule has 2 aromatic heterocycles. The van der Waals surface area contributed by atoms with Gasteiger partial charge in [-0.1, -0.05) is 20.8 Å². The molecule has 0 aliphatic carbocycles. The molecule has 162 valence electrons. The highest BCUT2D eigenvalue weighted by Gasteiger charge is 2.50. The van der Waals surface area contributed by atoms with E-state index in [0.29, 0.717) is 11.2 Å². The fourth-order valence-corrected chi connectivity index (χ4v) is 4.47. The lowest BCUT2D eigenvalue weighted by molar-refractivity contribution is -0.289. The molecule has 3 rings (SSSR count). The van der Waals surface area contributed by atoms with Crippen LogP contribution in [0.2, 0.25) is 23.4 Å². The molecule has 4 atom stereocenters. The molecule has 1 saturated heterocycles. The second-order valence-corrected chi connectivity index (χ2v) is 13.6. The second kappa shape index (κ2) is 8.06. The number of anilines is 1. The molecule has 12 heteroatoms. The Balaban J connectivity index is 1.96. The van der Waals surface area contributed by atoms with Crippen molar-refractivity contribution in [3.8, 4) is 0 Å². The van der Waals surface area contributed by atoms with Crippen LogP contribution in [-0.4, -0.2) is 65.0 Å². The van der Waals surface area contributed by atoms with Crippen molar-refractivity contribution in [3.05, 3.63) is 11.6 Å². The number of nitrogens with two attached hydrogens (primary N) is 1. The third-order valence-corrected chi connectivity index (χ3v) is 10.2.